The molecule has 424 valence electrons. The number of hydrogen-bond donors (Lipinski definition) is 1. The standard InChI is InChI=1S/C71H110O5/c1-3-5-7-9-11-13-15-17-19-21-23-25-27-29-31-33-34-35-36-38-40-42-44-46-48-50-52-54-56-58-60-62-64-66-71(74)76-69(67-72)68-75-70(73)65-63-61-59-57-55-53-51-49-47-45-43-41-39-37-32-30-28-26-24-22-20-18-16-14-12-10-8-6-4-2/h5-8,11-14,17-20,23-26,29-32,34-35,38-41,44-47,69,72H,3-4,9-10,15-16,21-22,27-28,33,36-37,42-43,48-68H2,1-2H3/b7-5-,8-6-,13-11-,14-12-,19-17-,20-18-,25-23-,26-24-,31-29-,32-30-,35-34-,40-38-,41-39-,46-44-,47-45-. The molecule has 0 spiro atoms. The van der Waals surface area contributed by atoms with Gasteiger partial charge < -0.3 is 14.6 Å². The number of carbonyl (C=O) groups excluding carboxylic acids is 2. The summed E-state index contributed by atoms with van der Waals surface area (Å²) in [6.45, 7) is 3.89. The van der Waals surface area contributed by atoms with E-state index in [1.54, 1.807) is 0 Å². The molecule has 0 rings (SSSR count). The molecule has 5 heteroatoms. The molecule has 76 heavy (non-hydrogen) atoms. The largest absolute Gasteiger partial charge is 0.462 e. The summed E-state index contributed by atoms with van der Waals surface area (Å²) in [5, 5.41) is 9.68. The van der Waals surface area contributed by atoms with E-state index >= 15 is 0 Å². The summed E-state index contributed by atoms with van der Waals surface area (Å²) in [6, 6.07) is 0. The van der Waals surface area contributed by atoms with Crippen LogP contribution in [0.4, 0.5) is 0 Å². The highest BCUT2D eigenvalue weighted by molar-refractivity contribution is 5.70. The van der Waals surface area contributed by atoms with E-state index in [-0.39, 0.29) is 25.2 Å². The number of aliphatic hydroxyl groups excluding tert-OH is 1. The van der Waals surface area contributed by atoms with E-state index in [0.29, 0.717) is 12.8 Å². The van der Waals surface area contributed by atoms with Gasteiger partial charge in [-0.15, -0.1) is 0 Å². The number of ether oxygens (including phenoxy) is 2. The zero-order valence-electron chi connectivity index (χ0n) is 48.4. The van der Waals surface area contributed by atoms with Crippen molar-refractivity contribution in [3.63, 3.8) is 0 Å². The summed E-state index contributed by atoms with van der Waals surface area (Å²) in [4.78, 5) is 24.6. The normalized spacial score (nSPS) is 13.6. The van der Waals surface area contributed by atoms with Gasteiger partial charge in [-0.1, -0.05) is 267 Å². The van der Waals surface area contributed by atoms with Crippen LogP contribution >= 0.6 is 0 Å². The summed E-state index contributed by atoms with van der Waals surface area (Å²) in [5.74, 6) is -0.626. The third-order valence-electron chi connectivity index (χ3n) is 12.2. The Kier molecular flexibility index (Phi) is 60.1. The molecule has 0 radical (unpaired) electrons. The van der Waals surface area contributed by atoms with Crippen LogP contribution in [0.2, 0.25) is 0 Å². The molecule has 0 aliphatic carbocycles. The second kappa shape index (κ2) is 64.3. The van der Waals surface area contributed by atoms with Crippen molar-refractivity contribution in [3.8, 4) is 0 Å². The highest BCUT2D eigenvalue weighted by atomic mass is 16.6. The smallest absolute Gasteiger partial charge is 0.306 e. The van der Waals surface area contributed by atoms with Gasteiger partial charge in [0.2, 0.25) is 0 Å². The van der Waals surface area contributed by atoms with Gasteiger partial charge in [0.15, 0.2) is 6.10 Å². The van der Waals surface area contributed by atoms with Gasteiger partial charge >= 0.3 is 11.9 Å². The van der Waals surface area contributed by atoms with Crippen molar-refractivity contribution >= 4 is 11.9 Å². The zero-order valence-corrected chi connectivity index (χ0v) is 48.4. The number of hydrogen-bond acceptors (Lipinski definition) is 5. The molecule has 1 unspecified atom stereocenters. The Hall–Kier alpha value is -5.00. The van der Waals surface area contributed by atoms with Crippen LogP contribution in [0.1, 0.15) is 232 Å². The molecule has 0 aliphatic rings. The van der Waals surface area contributed by atoms with Crippen LogP contribution < -0.4 is 0 Å². The molecule has 0 aromatic heterocycles. The number of unbranched alkanes of at least 4 members (excludes halogenated alkanes) is 15. The molecular weight excluding hydrogens is 933 g/mol. The molecule has 0 amide bonds. The molecule has 0 heterocycles. The van der Waals surface area contributed by atoms with E-state index in [0.717, 1.165) is 148 Å². The number of aliphatic hydroxyl groups is 1. The first-order valence-corrected chi connectivity index (χ1v) is 30.3. The molecule has 0 saturated carbocycles. The minimum absolute atomic E-state index is 0.0878. The van der Waals surface area contributed by atoms with E-state index in [1.165, 1.54) is 57.8 Å². The van der Waals surface area contributed by atoms with Crippen molar-refractivity contribution in [3.05, 3.63) is 182 Å². The lowest BCUT2D eigenvalue weighted by atomic mass is 10.1. The van der Waals surface area contributed by atoms with Crippen LogP contribution in [0.15, 0.2) is 182 Å². The molecule has 5 nitrogen and oxygen atoms in total. The lowest BCUT2D eigenvalue weighted by molar-refractivity contribution is -0.161. The van der Waals surface area contributed by atoms with E-state index in [1.807, 2.05) is 0 Å². The highest BCUT2D eigenvalue weighted by Crippen LogP contribution is 2.14. The predicted molar refractivity (Wildman–Crippen MR) is 333 cm³/mol. The number of esters is 2. The Morgan fingerprint density at radius 1 is 0.303 bits per heavy atom. The minimum Gasteiger partial charge on any atom is -0.462 e. The van der Waals surface area contributed by atoms with Gasteiger partial charge in [0, 0.05) is 12.8 Å². The summed E-state index contributed by atoms with van der Waals surface area (Å²) in [5.41, 5.74) is 0. The first-order valence-electron chi connectivity index (χ1n) is 30.3. The lowest BCUT2D eigenvalue weighted by Gasteiger charge is -2.15. The Bertz CT molecular complexity index is 1750. The number of rotatable bonds is 53. The fraction of sp³-hybridized carbons (Fsp3) is 0.549. The monoisotopic (exact) mass is 1040 g/mol. The molecule has 0 bridgehead atoms. The Morgan fingerprint density at radius 2 is 0.526 bits per heavy atom. The van der Waals surface area contributed by atoms with E-state index < -0.39 is 6.10 Å². The summed E-state index contributed by atoms with van der Waals surface area (Å²) >= 11 is 0. The molecule has 0 aromatic rings. The topological polar surface area (TPSA) is 72.8 Å². The Morgan fingerprint density at radius 3 is 0.789 bits per heavy atom. The van der Waals surface area contributed by atoms with Crippen LogP contribution in [0.5, 0.6) is 0 Å². The van der Waals surface area contributed by atoms with Crippen molar-refractivity contribution < 1.29 is 24.2 Å². The summed E-state index contributed by atoms with van der Waals surface area (Å²) < 4.78 is 10.7. The summed E-state index contributed by atoms with van der Waals surface area (Å²) in [6.07, 6.45) is 101. The van der Waals surface area contributed by atoms with E-state index in [9.17, 15) is 14.7 Å². The van der Waals surface area contributed by atoms with Gasteiger partial charge in [-0.2, -0.15) is 0 Å². The Balaban J connectivity index is 3.63. The first-order chi connectivity index (χ1) is 37.6. The maximum absolute atomic E-state index is 12.3. The van der Waals surface area contributed by atoms with E-state index in [2.05, 4.69) is 196 Å². The van der Waals surface area contributed by atoms with Crippen LogP contribution in [-0.4, -0.2) is 36.4 Å². The molecular formula is C71H110O5. The first kappa shape index (κ1) is 71.0. The summed E-state index contributed by atoms with van der Waals surface area (Å²) in [7, 11) is 0. The number of allylic oxidation sites excluding steroid dienone is 30. The van der Waals surface area contributed by atoms with Gasteiger partial charge in [0.25, 0.3) is 0 Å². The van der Waals surface area contributed by atoms with Crippen LogP contribution in [0.25, 0.3) is 0 Å². The molecule has 1 atom stereocenters. The van der Waals surface area contributed by atoms with Crippen molar-refractivity contribution in [2.45, 2.75) is 238 Å². The number of carbonyl (C=O) groups is 2. The van der Waals surface area contributed by atoms with Crippen LogP contribution in [-0.2, 0) is 19.1 Å². The molecule has 1 N–H and O–H groups in total. The maximum atomic E-state index is 12.3. The molecule has 0 aromatic carbocycles. The fourth-order valence-corrected chi connectivity index (χ4v) is 7.73. The van der Waals surface area contributed by atoms with Gasteiger partial charge in [-0.25, -0.2) is 0 Å². The van der Waals surface area contributed by atoms with Crippen molar-refractivity contribution in [1.82, 2.24) is 0 Å². The minimum atomic E-state index is -0.798. The second-order valence-corrected chi connectivity index (χ2v) is 19.3. The van der Waals surface area contributed by atoms with Gasteiger partial charge in [0.05, 0.1) is 6.61 Å². The van der Waals surface area contributed by atoms with Crippen LogP contribution in [0, 0.1) is 0 Å². The molecule has 0 aliphatic heterocycles. The zero-order chi connectivity index (χ0) is 54.8. The average Bonchev–Trinajstić information content (AvgIpc) is 3.42. The van der Waals surface area contributed by atoms with Gasteiger partial charge in [-0.05, 0) is 135 Å². The lowest BCUT2D eigenvalue weighted by Crippen LogP contribution is -2.28. The Labute approximate surface area is 467 Å². The predicted octanol–water partition coefficient (Wildman–Crippen LogP) is 21.1. The fourth-order valence-electron chi connectivity index (χ4n) is 7.73. The maximum Gasteiger partial charge on any atom is 0.306 e. The third kappa shape index (κ3) is 61.5. The molecule has 0 fully saturated rings. The van der Waals surface area contributed by atoms with Gasteiger partial charge in [-0.3, -0.25) is 9.59 Å². The average molecular weight is 1040 g/mol. The second-order valence-electron chi connectivity index (χ2n) is 19.3. The molecule has 0 saturated heterocycles. The van der Waals surface area contributed by atoms with Crippen molar-refractivity contribution in [2.75, 3.05) is 13.2 Å². The van der Waals surface area contributed by atoms with Crippen molar-refractivity contribution in [2.24, 2.45) is 0 Å². The van der Waals surface area contributed by atoms with Gasteiger partial charge in [0.1, 0.15) is 6.61 Å². The SMILES string of the molecule is CC/C=C\C/C=C\C/C=C\C/C=C\C/C=C\C/C=C\C/C=C\C/C=C\CCCCCCCCCCC(=O)OC(CO)COC(=O)CCCCCCCCC/C=C\C/C=C\C/C=C\C/C=C\C/C=C\C/C=C\C/C=C\CC. The van der Waals surface area contributed by atoms with Crippen LogP contribution in [0.3, 0.4) is 0 Å². The third-order valence-corrected chi connectivity index (χ3v) is 12.2. The quantitative estimate of drug-likeness (QED) is 0.0373. The van der Waals surface area contributed by atoms with E-state index in [4.69, 9.17) is 9.47 Å². The highest BCUT2D eigenvalue weighted by Gasteiger charge is 2.16. The van der Waals surface area contributed by atoms with Crippen molar-refractivity contribution in [1.29, 1.82) is 0 Å².